The highest BCUT2D eigenvalue weighted by Crippen LogP contribution is 2.13. The average Bonchev–Trinajstić information content (AvgIpc) is 2.15. The second kappa shape index (κ2) is 3.94. The number of benzene rings is 1. The van der Waals surface area contributed by atoms with Crippen molar-refractivity contribution in [2.75, 3.05) is 5.73 Å². The van der Waals surface area contributed by atoms with E-state index in [2.05, 4.69) is 0 Å². The molecule has 0 aliphatic heterocycles. The summed E-state index contributed by atoms with van der Waals surface area (Å²) in [5.74, 6) is 0. The van der Waals surface area contributed by atoms with Crippen molar-refractivity contribution in [2.45, 2.75) is 0 Å². The Balaban J connectivity index is 3.06. The number of nitrogens with zero attached hydrogens (tertiary/aromatic N) is 2. The summed E-state index contributed by atoms with van der Waals surface area (Å²) in [6, 6.07) is 8.87. The van der Waals surface area contributed by atoms with E-state index < -0.39 is 0 Å². The van der Waals surface area contributed by atoms with E-state index in [1.165, 1.54) is 6.08 Å². The van der Waals surface area contributed by atoms with Crippen LogP contribution in [0, 0.1) is 22.7 Å². The molecule has 1 aromatic carbocycles. The van der Waals surface area contributed by atoms with Crippen LogP contribution < -0.4 is 5.73 Å². The smallest absolute Gasteiger partial charge is 0.101 e. The largest absolute Gasteiger partial charge is 0.398 e. The van der Waals surface area contributed by atoms with E-state index in [-0.39, 0.29) is 0 Å². The zero-order valence-corrected chi connectivity index (χ0v) is 6.86. The number of rotatable bonds is 1. The molecule has 1 aromatic rings. The van der Waals surface area contributed by atoms with Gasteiger partial charge in [-0.3, -0.25) is 0 Å². The summed E-state index contributed by atoms with van der Waals surface area (Å²) in [6.45, 7) is 0. The predicted molar refractivity (Wildman–Crippen MR) is 50.2 cm³/mol. The van der Waals surface area contributed by atoms with Gasteiger partial charge in [-0.05, 0) is 23.8 Å². The molecule has 0 unspecified atom stereocenters. The number of anilines is 1. The standard InChI is InChI=1S/C10H7N3/c11-5-1-2-8-3-4-9(7-12)10(13)6-8/h1-4,6H,13H2. The lowest BCUT2D eigenvalue weighted by atomic mass is 10.1. The minimum atomic E-state index is 0.433. The monoisotopic (exact) mass is 169 g/mol. The zero-order chi connectivity index (χ0) is 9.68. The van der Waals surface area contributed by atoms with Crippen LogP contribution in [0.4, 0.5) is 5.69 Å². The Hall–Kier alpha value is -2.26. The Bertz CT molecular complexity index is 419. The van der Waals surface area contributed by atoms with Crippen LogP contribution in [0.15, 0.2) is 24.3 Å². The molecule has 3 heteroatoms. The minimum absolute atomic E-state index is 0.433. The zero-order valence-electron chi connectivity index (χ0n) is 6.86. The molecule has 0 aliphatic rings. The molecule has 0 fully saturated rings. The van der Waals surface area contributed by atoms with Crippen molar-refractivity contribution in [3.05, 3.63) is 35.4 Å². The second-order valence-electron chi connectivity index (χ2n) is 2.42. The summed E-state index contributed by atoms with van der Waals surface area (Å²) in [5, 5.41) is 16.9. The lowest BCUT2D eigenvalue weighted by molar-refractivity contribution is 1.48. The maximum atomic E-state index is 8.59. The van der Waals surface area contributed by atoms with Gasteiger partial charge in [0.15, 0.2) is 0 Å². The molecule has 1 rings (SSSR count). The van der Waals surface area contributed by atoms with E-state index >= 15 is 0 Å². The van der Waals surface area contributed by atoms with Crippen molar-refractivity contribution >= 4 is 11.8 Å². The van der Waals surface area contributed by atoms with Gasteiger partial charge in [0.1, 0.15) is 6.07 Å². The van der Waals surface area contributed by atoms with E-state index in [0.29, 0.717) is 11.3 Å². The molecular formula is C10H7N3. The minimum Gasteiger partial charge on any atom is -0.398 e. The fraction of sp³-hybridized carbons (Fsp3) is 0. The topological polar surface area (TPSA) is 73.6 Å². The van der Waals surface area contributed by atoms with Gasteiger partial charge in [-0.25, -0.2) is 0 Å². The van der Waals surface area contributed by atoms with E-state index in [4.69, 9.17) is 16.3 Å². The first-order chi connectivity index (χ1) is 6.27. The molecule has 0 saturated carbocycles. The Labute approximate surface area is 76.3 Å². The van der Waals surface area contributed by atoms with Crippen molar-refractivity contribution in [3.63, 3.8) is 0 Å². The highest BCUT2D eigenvalue weighted by molar-refractivity contribution is 5.62. The first-order valence-electron chi connectivity index (χ1n) is 3.63. The Morgan fingerprint density at radius 1 is 1.31 bits per heavy atom. The number of nitriles is 2. The van der Waals surface area contributed by atoms with Crippen LogP contribution in [0.2, 0.25) is 0 Å². The first-order valence-corrected chi connectivity index (χ1v) is 3.63. The van der Waals surface area contributed by atoms with Gasteiger partial charge >= 0.3 is 0 Å². The molecule has 0 saturated heterocycles. The summed E-state index contributed by atoms with van der Waals surface area (Å²) >= 11 is 0. The van der Waals surface area contributed by atoms with Crippen LogP contribution in [0.5, 0.6) is 0 Å². The number of hydrogen-bond acceptors (Lipinski definition) is 3. The van der Waals surface area contributed by atoms with E-state index in [9.17, 15) is 0 Å². The molecule has 0 radical (unpaired) electrons. The Kier molecular flexibility index (Phi) is 2.68. The van der Waals surface area contributed by atoms with Crippen LogP contribution in [0.3, 0.4) is 0 Å². The van der Waals surface area contributed by atoms with Crippen molar-refractivity contribution in [2.24, 2.45) is 0 Å². The summed E-state index contributed by atoms with van der Waals surface area (Å²) < 4.78 is 0. The molecule has 0 amide bonds. The maximum Gasteiger partial charge on any atom is 0.101 e. The summed E-state index contributed by atoms with van der Waals surface area (Å²) in [6.07, 6.45) is 3.00. The molecule has 62 valence electrons. The van der Waals surface area contributed by atoms with Gasteiger partial charge in [0.05, 0.1) is 17.3 Å². The van der Waals surface area contributed by atoms with Crippen molar-refractivity contribution in [1.82, 2.24) is 0 Å². The van der Waals surface area contributed by atoms with Crippen LogP contribution >= 0.6 is 0 Å². The molecule has 0 aliphatic carbocycles. The van der Waals surface area contributed by atoms with Crippen molar-refractivity contribution in [3.8, 4) is 12.1 Å². The molecular weight excluding hydrogens is 162 g/mol. The van der Waals surface area contributed by atoms with Gasteiger partial charge in [0, 0.05) is 6.08 Å². The molecule has 0 spiro atoms. The van der Waals surface area contributed by atoms with E-state index in [1.807, 2.05) is 12.1 Å². The molecule has 0 bridgehead atoms. The summed E-state index contributed by atoms with van der Waals surface area (Å²) in [5.41, 5.74) is 7.27. The van der Waals surface area contributed by atoms with Crippen LogP contribution in [0.25, 0.3) is 6.08 Å². The molecule has 0 heterocycles. The normalized spacial score (nSPS) is 9.38. The number of allylic oxidation sites excluding steroid dienone is 1. The Morgan fingerprint density at radius 3 is 2.62 bits per heavy atom. The van der Waals surface area contributed by atoms with E-state index in [1.54, 1.807) is 24.3 Å². The first kappa shape index (κ1) is 8.83. The van der Waals surface area contributed by atoms with Gasteiger partial charge in [-0.2, -0.15) is 10.5 Å². The van der Waals surface area contributed by atoms with Crippen LogP contribution in [0.1, 0.15) is 11.1 Å². The van der Waals surface area contributed by atoms with E-state index in [0.717, 1.165) is 5.56 Å². The number of nitrogen functional groups attached to an aromatic ring is 1. The number of hydrogen-bond donors (Lipinski definition) is 1. The molecule has 0 atom stereocenters. The molecule has 2 N–H and O–H groups in total. The fourth-order valence-corrected chi connectivity index (χ4v) is 0.920. The quantitative estimate of drug-likeness (QED) is 0.513. The Morgan fingerprint density at radius 2 is 2.08 bits per heavy atom. The lowest BCUT2D eigenvalue weighted by Gasteiger charge is -1.97. The highest BCUT2D eigenvalue weighted by atomic mass is 14.6. The fourth-order valence-electron chi connectivity index (χ4n) is 0.920. The lowest BCUT2D eigenvalue weighted by Crippen LogP contribution is -1.90. The van der Waals surface area contributed by atoms with Gasteiger partial charge in [0.25, 0.3) is 0 Å². The van der Waals surface area contributed by atoms with Crippen LogP contribution in [-0.4, -0.2) is 0 Å². The van der Waals surface area contributed by atoms with Gasteiger partial charge < -0.3 is 5.73 Å². The van der Waals surface area contributed by atoms with Crippen molar-refractivity contribution < 1.29 is 0 Å². The van der Waals surface area contributed by atoms with Gasteiger partial charge in [-0.1, -0.05) is 6.07 Å². The summed E-state index contributed by atoms with van der Waals surface area (Å²) in [4.78, 5) is 0. The third-order valence-electron chi connectivity index (χ3n) is 1.55. The van der Waals surface area contributed by atoms with Crippen molar-refractivity contribution in [1.29, 1.82) is 10.5 Å². The highest BCUT2D eigenvalue weighted by Gasteiger charge is 1.96. The average molecular weight is 169 g/mol. The van der Waals surface area contributed by atoms with Gasteiger partial charge in [0.2, 0.25) is 0 Å². The third-order valence-corrected chi connectivity index (χ3v) is 1.55. The van der Waals surface area contributed by atoms with Gasteiger partial charge in [-0.15, -0.1) is 0 Å². The third kappa shape index (κ3) is 2.08. The van der Waals surface area contributed by atoms with Crippen LogP contribution in [-0.2, 0) is 0 Å². The number of nitrogens with two attached hydrogens (primary N) is 1. The summed E-state index contributed by atoms with van der Waals surface area (Å²) in [7, 11) is 0. The SMILES string of the molecule is N#CC=Cc1ccc(C#N)c(N)c1. The molecule has 0 aromatic heterocycles. The predicted octanol–water partition coefficient (Wildman–Crippen LogP) is 1.68. The maximum absolute atomic E-state index is 8.59. The molecule has 13 heavy (non-hydrogen) atoms. The molecule has 3 nitrogen and oxygen atoms in total. The second-order valence-corrected chi connectivity index (χ2v) is 2.42.